The Labute approximate surface area is 216 Å². The number of nitrogens with one attached hydrogen (secondary N) is 1. The minimum absolute atomic E-state index is 0.102. The molecule has 3 amide bonds. The number of rotatable bonds is 6. The third-order valence-corrected chi connectivity index (χ3v) is 8.27. The molecule has 1 unspecified atom stereocenters. The summed E-state index contributed by atoms with van der Waals surface area (Å²) in [6.07, 6.45) is 7.10. The van der Waals surface area contributed by atoms with Gasteiger partial charge in [0, 0.05) is 55.8 Å². The molecule has 2 saturated heterocycles. The van der Waals surface area contributed by atoms with E-state index in [2.05, 4.69) is 21.3 Å². The SMILES string of the molecule is COc1ccc(C2CN([C@@H]3CCCC[C@@H]3Oc3ccc4c(c3)CN(C3CCC(=O)NC3=O)C4=O)C2)cn1. The molecule has 3 aliphatic heterocycles. The number of benzene rings is 1. The van der Waals surface area contributed by atoms with Gasteiger partial charge in [-0.3, -0.25) is 24.6 Å². The van der Waals surface area contributed by atoms with Gasteiger partial charge in [0.15, 0.2) is 0 Å². The summed E-state index contributed by atoms with van der Waals surface area (Å²) in [5.74, 6) is 1.05. The van der Waals surface area contributed by atoms with Crippen LogP contribution in [0.5, 0.6) is 11.6 Å². The van der Waals surface area contributed by atoms with Gasteiger partial charge < -0.3 is 14.4 Å². The van der Waals surface area contributed by atoms with E-state index in [-0.39, 0.29) is 24.3 Å². The molecule has 4 aliphatic rings. The van der Waals surface area contributed by atoms with Crippen molar-refractivity contribution in [2.75, 3.05) is 20.2 Å². The van der Waals surface area contributed by atoms with Crippen molar-refractivity contribution in [2.45, 2.75) is 69.2 Å². The van der Waals surface area contributed by atoms with Crippen molar-refractivity contribution >= 4 is 17.7 Å². The maximum atomic E-state index is 13.0. The number of carbonyl (C=O) groups is 3. The average molecular weight is 505 g/mol. The van der Waals surface area contributed by atoms with Crippen molar-refractivity contribution in [3.05, 3.63) is 53.2 Å². The highest BCUT2D eigenvalue weighted by molar-refractivity contribution is 6.05. The number of pyridine rings is 1. The molecule has 9 nitrogen and oxygen atoms in total. The van der Waals surface area contributed by atoms with Gasteiger partial charge in [0.25, 0.3) is 5.91 Å². The van der Waals surface area contributed by atoms with Crippen LogP contribution in [-0.4, -0.2) is 70.9 Å². The second kappa shape index (κ2) is 9.78. The summed E-state index contributed by atoms with van der Waals surface area (Å²) in [7, 11) is 1.63. The van der Waals surface area contributed by atoms with Crippen LogP contribution in [0.25, 0.3) is 0 Å². The number of ether oxygens (including phenoxy) is 2. The minimum Gasteiger partial charge on any atom is -0.489 e. The van der Waals surface area contributed by atoms with Gasteiger partial charge >= 0.3 is 0 Å². The lowest BCUT2D eigenvalue weighted by Gasteiger charge is -2.48. The Morgan fingerprint density at radius 3 is 2.62 bits per heavy atom. The predicted molar refractivity (Wildman–Crippen MR) is 134 cm³/mol. The van der Waals surface area contributed by atoms with Gasteiger partial charge in [-0.15, -0.1) is 0 Å². The Morgan fingerprint density at radius 2 is 1.86 bits per heavy atom. The molecule has 1 aliphatic carbocycles. The quantitative estimate of drug-likeness (QED) is 0.604. The van der Waals surface area contributed by atoms with E-state index in [1.54, 1.807) is 12.0 Å². The molecule has 1 N–H and O–H groups in total. The molecule has 9 heteroatoms. The lowest BCUT2D eigenvalue weighted by atomic mass is 9.85. The maximum absolute atomic E-state index is 13.0. The summed E-state index contributed by atoms with van der Waals surface area (Å²) >= 11 is 0. The fraction of sp³-hybridized carbons (Fsp3) is 0.500. The molecule has 1 saturated carbocycles. The van der Waals surface area contributed by atoms with Crippen molar-refractivity contribution in [1.82, 2.24) is 20.1 Å². The molecular formula is C28H32N4O5. The zero-order chi connectivity index (χ0) is 25.5. The topological polar surface area (TPSA) is 101 Å². The molecule has 1 aromatic heterocycles. The maximum Gasteiger partial charge on any atom is 0.255 e. The van der Waals surface area contributed by atoms with E-state index in [1.807, 2.05) is 30.5 Å². The number of methoxy groups -OCH3 is 1. The van der Waals surface area contributed by atoms with Crippen molar-refractivity contribution in [3.63, 3.8) is 0 Å². The molecule has 6 rings (SSSR count). The second-order valence-corrected chi connectivity index (χ2v) is 10.5. The van der Waals surface area contributed by atoms with Crippen molar-refractivity contribution in [2.24, 2.45) is 0 Å². The van der Waals surface area contributed by atoms with Crippen LogP contribution in [-0.2, 0) is 16.1 Å². The summed E-state index contributed by atoms with van der Waals surface area (Å²) in [6.45, 7) is 2.35. The van der Waals surface area contributed by atoms with Crippen LogP contribution in [0.2, 0.25) is 0 Å². The standard InChI is InChI=1S/C28H32N4O5/c1-36-26-11-6-17(13-29-26)19-14-31(15-19)22-4-2-3-5-24(22)37-20-7-8-21-18(12-20)16-32(28(21)35)23-9-10-25(33)30-27(23)34/h6-8,11-13,19,22-24H,2-5,9-10,14-16H2,1H3,(H,30,33,34)/t22-,23?,24+/m1/s1. The number of carbonyl (C=O) groups excluding carboxylic acids is 3. The summed E-state index contributed by atoms with van der Waals surface area (Å²) in [6, 6.07) is 9.42. The number of hydrogen-bond acceptors (Lipinski definition) is 7. The normalized spacial score (nSPS) is 26.5. The molecular weight excluding hydrogens is 472 g/mol. The molecule has 194 valence electrons. The summed E-state index contributed by atoms with van der Waals surface area (Å²) in [5.41, 5.74) is 2.72. The van der Waals surface area contributed by atoms with Gasteiger partial charge in [-0.1, -0.05) is 12.5 Å². The highest BCUT2D eigenvalue weighted by Crippen LogP contribution is 2.36. The van der Waals surface area contributed by atoms with Crippen LogP contribution in [0.4, 0.5) is 0 Å². The summed E-state index contributed by atoms with van der Waals surface area (Å²) < 4.78 is 11.7. The molecule has 4 heterocycles. The van der Waals surface area contributed by atoms with Gasteiger partial charge in [0.1, 0.15) is 17.9 Å². The van der Waals surface area contributed by atoms with E-state index in [0.29, 0.717) is 36.4 Å². The van der Waals surface area contributed by atoms with E-state index in [0.717, 1.165) is 43.7 Å². The number of imide groups is 1. The number of likely N-dealkylation sites (tertiary alicyclic amines) is 1. The van der Waals surface area contributed by atoms with Crippen molar-refractivity contribution < 1.29 is 23.9 Å². The third kappa shape index (κ3) is 4.56. The molecule has 0 bridgehead atoms. The zero-order valence-corrected chi connectivity index (χ0v) is 21.0. The smallest absolute Gasteiger partial charge is 0.255 e. The lowest BCUT2D eigenvalue weighted by molar-refractivity contribution is -0.136. The highest BCUT2D eigenvalue weighted by atomic mass is 16.5. The molecule has 0 spiro atoms. The summed E-state index contributed by atoms with van der Waals surface area (Å²) in [5, 5.41) is 2.35. The zero-order valence-electron chi connectivity index (χ0n) is 21.0. The summed E-state index contributed by atoms with van der Waals surface area (Å²) in [4.78, 5) is 45.3. The van der Waals surface area contributed by atoms with Crippen molar-refractivity contribution in [3.8, 4) is 11.6 Å². The van der Waals surface area contributed by atoms with E-state index in [1.165, 1.54) is 12.0 Å². The van der Waals surface area contributed by atoms with Gasteiger partial charge in [-0.25, -0.2) is 4.98 Å². The Balaban J connectivity index is 1.10. The van der Waals surface area contributed by atoms with Crippen LogP contribution in [0.3, 0.4) is 0 Å². The van der Waals surface area contributed by atoms with Crippen molar-refractivity contribution in [1.29, 1.82) is 0 Å². The largest absolute Gasteiger partial charge is 0.489 e. The minimum atomic E-state index is -0.607. The second-order valence-electron chi connectivity index (χ2n) is 10.5. The Hall–Kier alpha value is -3.46. The lowest BCUT2D eigenvalue weighted by Crippen LogP contribution is -2.57. The van der Waals surface area contributed by atoms with Crippen LogP contribution in [0.15, 0.2) is 36.5 Å². The Bertz CT molecular complexity index is 1210. The van der Waals surface area contributed by atoms with E-state index in [9.17, 15) is 14.4 Å². The van der Waals surface area contributed by atoms with Crippen LogP contribution in [0.1, 0.15) is 65.9 Å². The number of hydrogen-bond donors (Lipinski definition) is 1. The van der Waals surface area contributed by atoms with Gasteiger partial charge in [0.05, 0.1) is 7.11 Å². The Morgan fingerprint density at radius 1 is 1.03 bits per heavy atom. The fourth-order valence-corrected chi connectivity index (χ4v) is 6.18. The number of amides is 3. The number of aromatic nitrogens is 1. The monoisotopic (exact) mass is 504 g/mol. The number of piperidine rings is 1. The molecule has 3 fully saturated rings. The van der Waals surface area contributed by atoms with E-state index >= 15 is 0 Å². The molecule has 3 atom stereocenters. The molecule has 37 heavy (non-hydrogen) atoms. The molecule has 1 aromatic carbocycles. The van der Waals surface area contributed by atoms with Crippen LogP contribution < -0.4 is 14.8 Å². The third-order valence-electron chi connectivity index (χ3n) is 8.27. The first kappa shape index (κ1) is 23.9. The molecule has 2 aromatic rings. The van der Waals surface area contributed by atoms with Gasteiger partial charge in [-0.05, 0) is 55.0 Å². The first-order valence-electron chi connectivity index (χ1n) is 13.2. The van der Waals surface area contributed by atoms with Crippen LogP contribution >= 0.6 is 0 Å². The number of fused-ring (bicyclic) bond motifs is 1. The predicted octanol–water partition coefficient (Wildman–Crippen LogP) is 2.64. The Kier molecular flexibility index (Phi) is 6.32. The van der Waals surface area contributed by atoms with Gasteiger partial charge in [-0.2, -0.15) is 0 Å². The number of nitrogens with zero attached hydrogens (tertiary/aromatic N) is 3. The van der Waals surface area contributed by atoms with Gasteiger partial charge in [0.2, 0.25) is 17.7 Å². The first-order chi connectivity index (χ1) is 18.0. The fourth-order valence-electron chi connectivity index (χ4n) is 6.18. The van der Waals surface area contributed by atoms with E-state index < -0.39 is 11.9 Å². The molecule has 0 radical (unpaired) electrons. The highest BCUT2D eigenvalue weighted by Gasteiger charge is 2.41. The first-order valence-corrected chi connectivity index (χ1v) is 13.2. The van der Waals surface area contributed by atoms with E-state index in [4.69, 9.17) is 9.47 Å². The average Bonchev–Trinajstić information content (AvgIpc) is 3.20. The van der Waals surface area contributed by atoms with Crippen LogP contribution in [0, 0.1) is 0 Å².